The summed E-state index contributed by atoms with van der Waals surface area (Å²) in [4.78, 5) is 23.4. The number of nitrogens with one attached hydrogen (secondary N) is 1. The van der Waals surface area contributed by atoms with Crippen LogP contribution in [0.5, 0.6) is 0 Å². The summed E-state index contributed by atoms with van der Waals surface area (Å²) in [6.07, 6.45) is 0. The van der Waals surface area contributed by atoms with Gasteiger partial charge in [0.1, 0.15) is 18.9 Å². The number of furan rings is 1. The molecule has 2 aromatic rings. The third kappa shape index (κ3) is 5.18. The second-order valence-corrected chi connectivity index (χ2v) is 7.71. The van der Waals surface area contributed by atoms with Crippen molar-refractivity contribution in [2.75, 3.05) is 13.7 Å². The van der Waals surface area contributed by atoms with Gasteiger partial charge in [0.15, 0.2) is 0 Å². The number of hydrogen-bond acceptors (Lipinski definition) is 7. The Bertz CT molecular complexity index is 960. The van der Waals surface area contributed by atoms with Gasteiger partial charge in [-0.2, -0.15) is 4.72 Å². The molecule has 0 bridgehead atoms. The number of sulfonamides is 1. The fourth-order valence-corrected chi connectivity index (χ4v) is 3.29. The molecule has 1 aromatic carbocycles. The number of ether oxygens (including phenoxy) is 2. The number of aryl methyl sites for hydroxylation is 3. The maximum atomic E-state index is 12.2. The van der Waals surface area contributed by atoms with Crippen LogP contribution in [0.4, 0.5) is 0 Å². The average Bonchev–Trinajstić information content (AvgIpc) is 3.00. The third-order valence-electron chi connectivity index (χ3n) is 3.91. The SMILES string of the molecule is COC(=O)c1oc(COC(=O)CNS(=O)(=O)c2ccc(C)c(C)c2)cc1C. The van der Waals surface area contributed by atoms with Crippen LogP contribution < -0.4 is 4.72 Å². The van der Waals surface area contributed by atoms with E-state index < -0.39 is 28.5 Å². The molecule has 8 nitrogen and oxygen atoms in total. The molecule has 0 radical (unpaired) electrons. The molecule has 0 aliphatic carbocycles. The van der Waals surface area contributed by atoms with Gasteiger partial charge < -0.3 is 13.9 Å². The molecule has 0 aliphatic rings. The summed E-state index contributed by atoms with van der Waals surface area (Å²) < 4.78 is 41.5. The number of carbonyl (C=O) groups is 2. The van der Waals surface area contributed by atoms with E-state index in [1.165, 1.54) is 19.2 Å². The molecule has 9 heteroatoms. The molecule has 0 atom stereocenters. The van der Waals surface area contributed by atoms with Crippen LogP contribution in [-0.4, -0.2) is 34.0 Å². The van der Waals surface area contributed by atoms with E-state index in [1.807, 2.05) is 6.92 Å². The second-order valence-electron chi connectivity index (χ2n) is 5.95. The molecule has 27 heavy (non-hydrogen) atoms. The van der Waals surface area contributed by atoms with Gasteiger partial charge in [-0.1, -0.05) is 6.07 Å². The number of methoxy groups -OCH3 is 1. The number of hydrogen-bond donors (Lipinski definition) is 1. The van der Waals surface area contributed by atoms with Gasteiger partial charge in [-0.15, -0.1) is 0 Å². The highest BCUT2D eigenvalue weighted by atomic mass is 32.2. The number of esters is 2. The van der Waals surface area contributed by atoms with E-state index in [1.54, 1.807) is 26.0 Å². The van der Waals surface area contributed by atoms with Crippen LogP contribution in [0.2, 0.25) is 0 Å². The minimum absolute atomic E-state index is 0.0268. The second kappa shape index (κ2) is 8.36. The molecular weight excluding hydrogens is 374 g/mol. The zero-order valence-corrected chi connectivity index (χ0v) is 16.3. The monoisotopic (exact) mass is 395 g/mol. The number of rotatable bonds is 7. The van der Waals surface area contributed by atoms with Gasteiger partial charge in [-0.05, 0) is 50.1 Å². The molecule has 0 aliphatic heterocycles. The Morgan fingerprint density at radius 2 is 1.78 bits per heavy atom. The van der Waals surface area contributed by atoms with E-state index in [0.29, 0.717) is 5.56 Å². The summed E-state index contributed by atoms with van der Waals surface area (Å²) in [5, 5.41) is 0. The molecule has 1 aromatic heterocycles. The van der Waals surface area contributed by atoms with Crippen molar-refractivity contribution >= 4 is 22.0 Å². The predicted molar refractivity (Wildman–Crippen MR) is 95.7 cm³/mol. The minimum Gasteiger partial charge on any atom is -0.463 e. The van der Waals surface area contributed by atoms with Crippen molar-refractivity contribution in [1.82, 2.24) is 4.72 Å². The fraction of sp³-hybridized carbons (Fsp3) is 0.333. The summed E-state index contributed by atoms with van der Waals surface area (Å²) in [7, 11) is -2.60. The topological polar surface area (TPSA) is 112 Å². The van der Waals surface area contributed by atoms with Gasteiger partial charge in [-0.25, -0.2) is 13.2 Å². The van der Waals surface area contributed by atoms with Crippen molar-refractivity contribution in [3.63, 3.8) is 0 Å². The summed E-state index contributed by atoms with van der Waals surface area (Å²) in [6.45, 7) is 4.56. The Balaban J connectivity index is 1.92. The quantitative estimate of drug-likeness (QED) is 0.714. The van der Waals surface area contributed by atoms with Crippen LogP contribution in [0.15, 0.2) is 33.6 Å². The molecule has 0 amide bonds. The van der Waals surface area contributed by atoms with Gasteiger partial charge in [0, 0.05) is 5.56 Å². The number of benzene rings is 1. The van der Waals surface area contributed by atoms with Crippen molar-refractivity contribution in [2.45, 2.75) is 32.3 Å². The highest BCUT2D eigenvalue weighted by molar-refractivity contribution is 7.89. The maximum Gasteiger partial charge on any atom is 0.374 e. The fourth-order valence-electron chi connectivity index (χ4n) is 2.24. The third-order valence-corrected chi connectivity index (χ3v) is 5.31. The zero-order valence-electron chi connectivity index (χ0n) is 15.5. The van der Waals surface area contributed by atoms with Crippen molar-refractivity contribution in [1.29, 1.82) is 0 Å². The predicted octanol–water partition coefficient (Wildman–Crippen LogP) is 2.01. The first-order valence-corrected chi connectivity index (χ1v) is 9.52. The molecule has 1 heterocycles. The van der Waals surface area contributed by atoms with Crippen molar-refractivity contribution in [3.8, 4) is 0 Å². The van der Waals surface area contributed by atoms with Crippen molar-refractivity contribution in [2.24, 2.45) is 0 Å². The van der Waals surface area contributed by atoms with E-state index in [2.05, 4.69) is 9.46 Å². The smallest absolute Gasteiger partial charge is 0.374 e. The molecule has 0 saturated carbocycles. The molecule has 0 spiro atoms. The van der Waals surface area contributed by atoms with Crippen LogP contribution in [0, 0.1) is 20.8 Å². The lowest BCUT2D eigenvalue weighted by Crippen LogP contribution is -2.30. The molecule has 2 rings (SSSR count). The molecular formula is C18H21NO7S. The standard InChI is InChI=1S/C18H21NO7S/c1-11-5-6-15(8-12(11)2)27(22,23)19-9-16(20)25-10-14-7-13(3)17(26-14)18(21)24-4/h5-8,19H,9-10H2,1-4H3. The molecule has 0 unspecified atom stereocenters. The Kier molecular flexibility index (Phi) is 6.40. The molecule has 146 valence electrons. The van der Waals surface area contributed by atoms with Crippen molar-refractivity contribution < 1.29 is 31.9 Å². The van der Waals surface area contributed by atoms with Crippen LogP contribution in [0.3, 0.4) is 0 Å². The summed E-state index contributed by atoms with van der Waals surface area (Å²) in [6, 6.07) is 6.23. The van der Waals surface area contributed by atoms with E-state index in [0.717, 1.165) is 11.1 Å². The maximum absolute atomic E-state index is 12.2. The first-order chi connectivity index (χ1) is 12.6. The lowest BCUT2D eigenvalue weighted by atomic mass is 10.1. The van der Waals surface area contributed by atoms with Crippen molar-refractivity contribution in [3.05, 3.63) is 52.5 Å². The largest absolute Gasteiger partial charge is 0.463 e. The van der Waals surface area contributed by atoms with E-state index in [9.17, 15) is 18.0 Å². The van der Waals surface area contributed by atoms with Gasteiger partial charge in [0.2, 0.25) is 15.8 Å². The highest BCUT2D eigenvalue weighted by Crippen LogP contribution is 2.17. The average molecular weight is 395 g/mol. The normalized spacial score (nSPS) is 11.3. The van der Waals surface area contributed by atoms with Crippen LogP contribution in [0.1, 0.15) is 33.0 Å². The Labute approximate surface area is 157 Å². The Morgan fingerprint density at radius 1 is 1.07 bits per heavy atom. The van der Waals surface area contributed by atoms with Gasteiger partial charge in [0.05, 0.1) is 12.0 Å². The lowest BCUT2D eigenvalue weighted by molar-refractivity contribution is -0.144. The molecule has 0 saturated heterocycles. The van der Waals surface area contributed by atoms with Gasteiger partial charge in [0.25, 0.3) is 0 Å². The minimum atomic E-state index is -3.83. The van der Waals surface area contributed by atoms with E-state index >= 15 is 0 Å². The van der Waals surface area contributed by atoms with E-state index in [-0.39, 0.29) is 23.0 Å². The lowest BCUT2D eigenvalue weighted by Gasteiger charge is -2.08. The first-order valence-electron chi connectivity index (χ1n) is 8.04. The zero-order chi connectivity index (χ0) is 20.2. The summed E-state index contributed by atoms with van der Waals surface area (Å²) in [5.74, 6) is -1.14. The van der Waals surface area contributed by atoms with Crippen LogP contribution in [0.25, 0.3) is 0 Å². The molecule has 1 N–H and O–H groups in total. The van der Waals surface area contributed by atoms with Gasteiger partial charge in [-0.3, -0.25) is 4.79 Å². The van der Waals surface area contributed by atoms with Gasteiger partial charge >= 0.3 is 11.9 Å². The van der Waals surface area contributed by atoms with E-state index in [4.69, 9.17) is 9.15 Å². The molecule has 0 fully saturated rings. The first kappa shape index (κ1) is 20.7. The highest BCUT2D eigenvalue weighted by Gasteiger charge is 2.19. The Hall–Kier alpha value is -2.65. The van der Waals surface area contributed by atoms with Crippen LogP contribution >= 0.6 is 0 Å². The van der Waals surface area contributed by atoms with Crippen LogP contribution in [-0.2, 0) is 30.9 Å². The Morgan fingerprint density at radius 3 is 2.41 bits per heavy atom. The number of carbonyl (C=O) groups excluding carboxylic acids is 2. The summed E-state index contributed by atoms with van der Waals surface area (Å²) in [5.41, 5.74) is 2.34. The summed E-state index contributed by atoms with van der Waals surface area (Å²) >= 11 is 0.